The zero-order valence-electron chi connectivity index (χ0n) is 11.6. The maximum absolute atomic E-state index is 10.9. The summed E-state index contributed by atoms with van der Waals surface area (Å²) in [5, 5.41) is 20.9. The molecule has 0 spiro atoms. The molecule has 0 aliphatic heterocycles. The minimum absolute atomic E-state index is 0.0569. The highest BCUT2D eigenvalue weighted by molar-refractivity contribution is 5.86. The van der Waals surface area contributed by atoms with Crippen molar-refractivity contribution in [2.45, 2.75) is 13.5 Å². The van der Waals surface area contributed by atoms with Gasteiger partial charge in [-0.2, -0.15) is 5.26 Å². The number of furan rings is 1. The molecule has 2 aromatic rings. The van der Waals surface area contributed by atoms with Crippen molar-refractivity contribution >= 4 is 11.7 Å². The first kappa shape index (κ1) is 14.5. The fourth-order valence-electron chi connectivity index (χ4n) is 1.94. The fraction of sp³-hybridized carbons (Fsp3) is 0.200. The Kier molecular flexibility index (Phi) is 4.14. The lowest BCUT2D eigenvalue weighted by Crippen LogP contribution is -2.01. The van der Waals surface area contributed by atoms with Crippen LogP contribution in [0.25, 0.3) is 0 Å². The largest absolute Gasteiger partial charge is 0.495 e. The van der Waals surface area contributed by atoms with Gasteiger partial charge in [-0.05, 0) is 25.1 Å². The van der Waals surface area contributed by atoms with Crippen LogP contribution >= 0.6 is 0 Å². The van der Waals surface area contributed by atoms with Crippen LogP contribution in [-0.2, 0) is 6.54 Å². The Balaban J connectivity index is 2.15. The molecular formula is C15H14N2O4. The highest BCUT2D eigenvalue weighted by atomic mass is 16.5. The van der Waals surface area contributed by atoms with Gasteiger partial charge < -0.3 is 19.6 Å². The van der Waals surface area contributed by atoms with Gasteiger partial charge in [0.25, 0.3) is 0 Å². The maximum Gasteiger partial charge on any atom is 0.372 e. The number of aryl methyl sites for hydroxylation is 1. The third-order valence-corrected chi connectivity index (χ3v) is 2.95. The number of carbonyl (C=O) groups is 1. The normalized spacial score (nSPS) is 9.95. The van der Waals surface area contributed by atoms with E-state index in [2.05, 4.69) is 5.32 Å². The topological polar surface area (TPSA) is 95.5 Å². The van der Waals surface area contributed by atoms with Crippen molar-refractivity contribution < 1.29 is 19.1 Å². The van der Waals surface area contributed by atoms with Crippen molar-refractivity contribution in [3.8, 4) is 11.8 Å². The van der Waals surface area contributed by atoms with Crippen molar-refractivity contribution in [3.05, 3.63) is 46.9 Å². The number of hydrogen-bond donors (Lipinski definition) is 2. The Bertz CT molecular complexity index is 713. The number of ether oxygens (including phenoxy) is 1. The number of methoxy groups -OCH3 is 1. The lowest BCUT2D eigenvalue weighted by molar-refractivity contribution is 0.0659. The maximum atomic E-state index is 10.9. The number of nitriles is 1. The van der Waals surface area contributed by atoms with Crippen LogP contribution in [0.1, 0.15) is 27.4 Å². The van der Waals surface area contributed by atoms with Crippen molar-refractivity contribution in [3.63, 3.8) is 0 Å². The summed E-state index contributed by atoms with van der Waals surface area (Å²) in [7, 11) is 1.52. The van der Waals surface area contributed by atoms with Crippen LogP contribution in [0.2, 0.25) is 0 Å². The van der Waals surface area contributed by atoms with Gasteiger partial charge in [-0.3, -0.25) is 0 Å². The Morgan fingerprint density at radius 3 is 2.81 bits per heavy atom. The second kappa shape index (κ2) is 6.01. The van der Waals surface area contributed by atoms with E-state index in [9.17, 15) is 4.79 Å². The Hall–Kier alpha value is -2.94. The van der Waals surface area contributed by atoms with Crippen LogP contribution in [-0.4, -0.2) is 18.2 Å². The van der Waals surface area contributed by atoms with E-state index in [0.717, 1.165) is 0 Å². The van der Waals surface area contributed by atoms with Crippen molar-refractivity contribution in [1.82, 2.24) is 0 Å². The van der Waals surface area contributed by atoms with Crippen LogP contribution in [0, 0.1) is 18.3 Å². The van der Waals surface area contributed by atoms with Gasteiger partial charge in [-0.1, -0.05) is 0 Å². The van der Waals surface area contributed by atoms with Gasteiger partial charge in [0.05, 0.1) is 31.0 Å². The molecule has 6 nitrogen and oxygen atoms in total. The molecule has 6 heteroatoms. The van der Waals surface area contributed by atoms with Crippen LogP contribution in [0.3, 0.4) is 0 Å². The molecule has 0 aliphatic rings. The SMILES string of the molecule is COc1cc(C#N)ccc1NCc1cc(C)c(C(=O)O)o1. The average molecular weight is 286 g/mol. The molecule has 0 saturated heterocycles. The highest BCUT2D eigenvalue weighted by Gasteiger charge is 2.14. The van der Waals surface area contributed by atoms with Crippen molar-refractivity contribution in [1.29, 1.82) is 5.26 Å². The lowest BCUT2D eigenvalue weighted by Gasteiger charge is -2.10. The van der Waals surface area contributed by atoms with Gasteiger partial charge >= 0.3 is 5.97 Å². The number of carboxylic acids is 1. The molecule has 0 amide bonds. The second-order valence-corrected chi connectivity index (χ2v) is 4.41. The second-order valence-electron chi connectivity index (χ2n) is 4.41. The first-order valence-corrected chi connectivity index (χ1v) is 6.19. The number of nitrogens with one attached hydrogen (secondary N) is 1. The van der Waals surface area contributed by atoms with E-state index in [4.69, 9.17) is 19.5 Å². The van der Waals surface area contributed by atoms with Gasteiger partial charge in [0, 0.05) is 11.6 Å². The quantitative estimate of drug-likeness (QED) is 0.877. The summed E-state index contributed by atoms with van der Waals surface area (Å²) in [6, 6.07) is 8.73. The molecule has 21 heavy (non-hydrogen) atoms. The van der Waals surface area contributed by atoms with E-state index >= 15 is 0 Å². The number of anilines is 1. The lowest BCUT2D eigenvalue weighted by atomic mass is 10.2. The molecule has 0 aliphatic carbocycles. The monoisotopic (exact) mass is 286 g/mol. The molecule has 1 aromatic carbocycles. The van der Waals surface area contributed by atoms with E-state index in [1.54, 1.807) is 31.2 Å². The molecule has 108 valence electrons. The zero-order chi connectivity index (χ0) is 15.4. The van der Waals surface area contributed by atoms with Crippen LogP contribution in [0.15, 0.2) is 28.7 Å². The fourth-order valence-corrected chi connectivity index (χ4v) is 1.94. The molecule has 0 bridgehead atoms. The van der Waals surface area contributed by atoms with E-state index in [-0.39, 0.29) is 5.76 Å². The number of rotatable bonds is 5. The number of aromatic carboxylic acids is 1. The van der Waals surface area contributed by atoms with Gasteiger partial charge in [-0.15, -0.1) is 0 Å². The third-order valence-electron chi connectivity index (χ3n) is 2.95. The molecule has 0 unspecified atom stereocenters. The third kappa shape index (κ3) is 3.15. The van der Waals surface area contributed by atoms with E-state index in [0.29, 0.717) is 34.9 Å². The van der Waals surface area contributed by atoms with Gasteiger partial charge in [0.2, 0.25) is 5.76 Å². The van der Waals surface area contributed by atoms with Crippen LogP contribution < -0.4 is 10.1 Å². The number of benzene rings is 1. The van der Waals surface area contributed by atoms with Gasteiger partial charge in [0.15, 0.2) is 0 Å². The molecule has 1 heterocycles. The Morgan fingerprint density at radius 2 is 2.24 bits per heavy atom. The number of carboxylic acid groups (broad SMARTS) is 1. The molecule has 0 radical (unpaired) electrons. The van der Waals surface area contributed by atoms with Gasteiger partial charge in [0.1, 0.15) is 11.5 Å². The predicted octanol–water partition coefficient (Wildman–Crippen LogP) is 2.78. The summed E-state index contributed by atoms with van der Waals surface area (Å²) >= 11 is 0. The minimum Gasteiger partial charge on any atom is -0.495 e. The summed E-state index contributed by atoms with van der Waals surface area (Å²) in [6.45, 7) is 2.00. The Labute approximate surface area is 121 Å². The minimum atomic E-state index is -1.09. The van der Waals surface area contributed by atoms with Crippen LogP contribution in [0.4, 0.5) is 5.69 Å². The summed E-state index contributed by atoms with van der Waals surface area (Å²) in [6.07, 6.45) is 0. The molecule has 0 saturated carbocycles. The summed E-state index contributed by atoms with van der Waals surface area (Å²) in [4.78, 5) is 10.9. The summed E-state index contributed by atoms with van der Waals surface area (Å²) < 4.78 is 10.5. The predicted molar refractivity (Wildman–Crippen MR) is 75.4 cm³/mol. The summed E-state index contributed by atoms with van der Waals surface area (Å²) in [5.41, 5.74) is 1.77. The molecule has 2 rings (SSSR count). The van der Waals surface area contributed by atoms with E-state index in [1.807, 2.05) is 6.07 Å². The molecule has 0 atom stereocenters. The number of hydrogen-bond acceptors (Lipinski definition) is 5. The van der Waals surface area contributed by atoms with Gasteiger partial charge in [-0.25, -0.2) is 4.79 Å². The first-order chi connectivity index (χ1) is 10.0. The van der Waals surface area contributed by atoms with Crippen molar-refractivity contribution in [2.24, 2.45) is 0 Å². The van der Waals surface area contributed by atoms with E-state index < -0.39 is 5.97 Å². The van der Waals surface area contributed by atoms with Crippen molar-refractivity contribution in [2.75, 3.05) is 12.4 Å². The average Bonchev–Trinajstić information content (AvgIpc) is 2.86. The number of nitrogens with zero attached hydrogens (tertiary/aromatic N) is 1. The van der Waals surface area contributed by atoms with E-state index in [1.165, 1.54) is 7.11 Å². The molecule has 1 aromatic heterocycles. The molecule has 0 fully saturated rings. The first-order valence-electron chi connectivity index (χ1n) is 6.19. The Morgan fingerprint density at radius 1 is 1.48 bits per heavy atom. The standard InChI is InChI=1S/C15H14N2O4/c1-9-5-11(21-14(9)15(18)19)8-17-12-4-3-10(7-16)6-13(12)20-2/h3-6,17H,8H2,1-2H3,(H,18,19). The molecule has 2 N–H and O–H groups in total. The highest BCUT2D eigenvalue weighted by Crippen LogP contribution is 2.26. The summed E-state index contributed by atoms with van der Waals surface area (Å²) in [5.74, 6) is -0.0969. The smallest absolute Gasteiger partial charge is 0.372 e. The molecular weight excluding hydrogens is 272 g/mol. The van der Waals surface area contributed by atoms with Crippen LogP contribution in [0.5, 0.6) is 5.75 Å². The zero-order valence-corrected chi connectivity index (χ0v) is 11.6.